The largest absolute Gasteiger partial charge is 0.483 e. The molecule has 5 nitrogen and oxygen atoms in total. The van der Waals surface area contributed by atoms with E-state index in [0.717, 1.165) is 17.5 Å². The molecule has 0 saturated carbocycles. The van der Waals surface area contributed by atoms with Crippen molar-refractivity contribution >= 4 is 39.3 Å². The molecule has 0 aliphatic carbocycles. The monoisotopic (exact) mass is 508 g/mol. The fraction of sp³-hybridized carbons (Fsp3) is 0.417. The predicted octanol–water partition coefficient (Wildman–Crippen LogP) is 5.51. The van der Waals surface area contributed by atoms with Crippen LogP contribution in [0.4, 0.5) is 0 Å². The standard InChI is InChI=1S/C24H30BrClN2O3/c1-5-17(4)27-24(30)21(6-2)28(14-18-9-7-8-16(3)12-18)23(29)15-31-22-11-10-19(26)13-20(22)25/h7-13,17,21H,5-6,14-15H2,1-4H3,(H,27,30)/t17-,21+/m1/s1. The van der Waals surface area contributed by atoms with Crippen LogP contribution >= 0.6 is 27.5 Å². The first-order valence-corrected chi connectivity index (χ1v) is 11.6. The first-order chi connectivity index (χ1) is 14.7. The summed E-state index contributed by atoms with van der Waals surface area (Å²) in [6, 6.07) is 12.5. The molecule has 0 aliphatic rings. The molecule has 2 aromatic carbocycles. The van der Waals surface area contributed by atoms with Gasteiger partial charge in [-0.05, 0) is 66.4 Å². The first kappa shape index (κ1) is 25.2. The number of nitrogens with zero attached hydrogens (tertiary/aromatic N) is 1. The van der Waals surface area contributed by atoms with E-state index in [0.29, 0.717) is 28.2 Å². The van der Waals surface area contributed by atoms with Crippen LogP contribution in [0, 0.1) is 6.92 Å². The summed E-state index contributed by atoms with van der Waals surface area (Å²) in [6.45, 7) is 8.03. The highest BCUT2D eigenvalue weighted by Gasteiger charge is 2.29. The molecule has 0 spiro atoms. The quantitative estimate of drug-likeness (QED) is 0.459. The van der Waals surface area contributed by atoms with Crippen LogP contribution in [-0.2, 0) is 16.1 Å². The number of rotatable bonds is 10. The van der Waals surface area contributed by atoms with Crippen LogP contribution in [0.1, 0.15) is 44.7 Å². The highest BCUT2D eigenvalue weighted by atomic mass is 79.9. The lowest BCUT2D eigenvalue weighted by molar-refractivity contribution is -0.143. The Morgan fingerprint density at radius 3 is 2.52 bits per heavy atom. The molecular weight excluding hydrogens is 480 g/mol. The van der Waals surface area contributed by atoms with Crippen molar-refractivity contribution in [3.05, 3.63) is 63.1 Å². The number of carbonyl (C=O) groups is 2. The second kappa shape index (κ2) is 12.1. The summed E-state index contributed by atoms with van der Waals surface area (Å²) in [4.78, 5) is 27.8. The summed E-state index contributed by atoms with van der Waals surface area (Å²) in [7, 11) is 0. The van der Waals surface area contributed by atoms with Crippen molar-refractivity contribution in [2.75, 3.05) is 6.61 Å². The number of carbonyl (C=O) groups excluding carboxylic acids is 2. The van der Waals surface area contributed by atoms with Crippen LogP contribution in [0.15, 0.2) is 46.9 Å². The molecule has 2 atom stereocenters. The Hall–Kier alpha value is -2.05. The Labute approximate surface area is 198 Å². The summed E-state index contributed by atoms with van der Waals surface area (Å²) in [5.74, 6) is 0.116. The molecule has 0 heterocycles. The lowest BCUT2D eigenvalue weighted by Crippen LogP contribution is -2.51. The Balaban J connectivity index is 2.23. The van der Waals surface area contributed by atoms with Crippen LogP contribution in [0.3, 0.4) is 0 Å². The number of aryl methyl sites for hydroxylation is 1. The molecule has 2 amide bonds. The Kier molecular flexibility index (Phi) is 9.85. The van der Waals surface area contributed by atoms with E-state index in [1.165, 1.54) is 0 Å². The number of benzene rings is 2. The van der Waals surface area contributed by atoms with E-state index in [1.807, 2.05) is 52.0 Å². The number of ether oxygens (including phenoxy) is 1. The molecular formula is C24H30BrClN2O3. The normalized spacial score (nSPS) is 12.7. The molecule has 168 valence electrons. The van der Waals surface area contributed by atoms with Gasteiger partial charge in [0.15, 0.2) is 6.61 Å². The molecule has 0 radical (unpaired) electrons. The van der Waals surface area contributed by atoms with E-state index in [2.05, 4.69) is 21.2 Å². The average molecular weight is 510 g/mol. The molecule has 0 aromatic heterocycles. The molecule has 7 heteroatoms. The van der Waals surface area contributed by atoms with E-state index in [-0.39, 0.29) is 24.5 Å². The number of hydrogen-bond acceptors (Lipinski definition) is 3. The van der Waals surface area contributed by atoms with E-state index in [1.54, 1.807) is 23.1 Å². The van der Waals surface area contributed by atoms with Gasteiger partial charge < -0.3 is 15.0 Å². The number of hydrogen-bond donors (Lipinski definition) is 1. The van der Waals surface area contributed by atoms with Crippen molar-refractivity contribution in [1.82, 2.24) is 10.2 Å². The van der Waals surface area contributed by atoms with Gasteiger partial charge in [0.1, 0.15) is 11.8 Å². The summed E-state index contributed by atoms with van der Waals surface area (Å²) in [6.07, 6.45) is 1.33. The molecule has 1 N–H and O–H groups in total. The van der Waals surface area contributed by atoms with Gasteiger partial charge >= 0.3 is 0 Å². The third-order valence-electron chi connectivity index (χ3n) is 5.07. The lowest BCUT2D eigenvalue weighted by Gasteiger charge is -2.31. The molecule has 0 saturated heterocycles. The fourth-order valence-electron chi connectivity index (χ4n) is 3.18. The number of amides is 2. The maximum Gasteiger partial charge on any atom is 0.261 e. The van der Waals surface area contributed by atoms with Gasteiger partial charge in [0.25, 0.3) is 5.91 Å². The van der Waals surface area contributed by atoms with Crippen molar-refractivity contribution in [2.24, 2.45) is 0 Å². The van der Waals surface area contributed by atoms with Crippen LogP contribution in [0.2, 0.25) is 5.02 Å². The van der Waals surface area contributed by atoms with Gasteiger partial charge in [-0.15, -0.1) is 0 Å². The highest BCUT2D eigenvalue weighted by Crippen LogP contribution is 2.28. The average Bonchev–Trinajstić information content (AvgIpc) is 2.72. The Bertz CT molecular complexity index is 906. The lowest BCUT2D eigenvalue weighted by atomic mass is 10.1. The van der Waals surface area contributed by atoms with Crippen molar-refractivity contribution in [1.29, 1.82) is 0 Å². The third-order valence-corrected chi connectivity index (χ3v) is 5.92. The Morgan fingerprint density at radius 2 is 1.90 bits per heavy atom. The number of halogens is 2. The minimum Gasteiger partial charge on any atom is -0.483 e. The third kappa shape index (κ3) is 7.54. The summed E-state index contributed by atoms with van der Waals surface area (Å²) in [5, 5.41) is 3.58. The predicted molar refractivity (Wildman–Crippen MR) is 128 cm³/mol. The van der Waals surface area contributed by atoms with Crippen LogP contribution in [0.5, 0.6) is 5.75 Å². The zero-order chi connectivity index (χ0) is 23.0. The summed E-state index contributed by atoms with van der Waals surface area (Å²) in [5.41, 5.74) is 2.07. The molecule has 0 unspecified atom stereocenters. The van der Waals surface area contributed by atoms with Crippen LogP contribution < -0.4 is 10.1 Å². The second-order valence-electron chi connectivity index (χ2n) is 7.62. The zero-order valence-corrected chi connectivity index (χ0v) is 20.8. The smallest absolute Gasteiger partial charge is 0.261 e. The minimum absolute atomic E-state index is 0.0405. The van der Waals surface area contributed by atoms with Gasteiger partial charge in [-0.2, -0.15) is 0 Å². The van der Waals surface area contributed by atoms with Gasteiger partial charge in [-0.25, -0.2) is 0 Å². The van der Waals surface area contributed by atoms with Crippen LogP contribution in [0.25, 0.3) is 0 Å². The van der Waals surface area contributed by atoms with E-state index in [9.17, 15) is 9.59 Å². The minimum atomic E-state index is -0.584. The van der Waals surface area contributed by atoms with Crippen molar-refractivity contribution in [3.63, 3.8) is 0 Å². The molecule has 2 rings (SSSR count). The van der Waals surface area contributed by atoms with Gasteiger partial charge in [-0.3, -0.25) is 9.59 Å². The van der Waals surface area contributed by atoms with Crippen molar-refractivity contribution < 1.29 is 14.3 Å². The maximum absolute atomic E-state index is 13.2. The molecule has 0 fully saturated rings. The first-order valence-electron chi connectivity index (χ1n) is 10.5. The van der Waals surface area contributed by atoms with Crippen molar-refractivity contribution in [2.45, 2.75) is 59.2 Å². The van der Waals surface area contributed by atoms with E-state index < -0.39 is 6.04 Å². The summed E-state index contributed by atoms with van der Waals surface area (Å²) < 4.78 is 6.41. The van der Waals surface area contributed by atoms with Crippen molar-refractivity contribution in [3.8, 4) is 5.75 Å². The van der Waals surface area contributed by atoms with Gasteiger partial charge in [0.2, 0.25) is 5.91 Å². The Morgan fingerprint density at radius 1 is 1.16 bits per heavy atom. The fourth-order valence-corrected chi connectivity index (χ4v) is 3.98. The maximum atomic E-state index is 13.2. The number of nitrogens with one attached hydrogen (secondary N) is 1. The molecule has 0 aliphatic heterocycles. The second-order valence-corrected chi connectivity index (χ2v) is 8.91. The SMILES string of the molecule is CC[C@@H](C)NC(=O)[C@H](CC)N(Cc1cccc(C)c1)C(=O)COc1ccc(Cl)cc1Br. The van der Waals surface area contributed by atoms with E-state index >= 15 is 0 Å². The van der Waals surface area contributed by atoms with Gasteiger partial charge in [-0.1, -0.05) is 55.3 Å². The summed E-state index contributed by atoms with van der Waals surface area (Å²) >= 11 is 9.37. The highest BCUT2D eigenvalue weighted by molar-refractivity contribution is 9.10. The molecule has 2 aromatic rings. The van der Waals surface area contributed by atoms with Crippen LogP contribution in [-0.4, -0.2) is 35.4 Å². The topological polar surface area (TPSA) is 58.6 Å². The van der Waals surface area contributed by atoms with Gasteiger partial charge in [0.05, 0.1) is 4.47 Å². The zero-order valence-electron chi connectivity index (χ0n) is 18.5. The molecule has 31 heavy (non-hydrogen) atoms. The van der Waals surface area contributed by atoms with Gasteiger partial charge in [0, 0.05) is 17.6 Å². The van der Waals surface area contributed by atoms with E-state index in [4.69, 9.17) is 16.3 Å². The molecule has 0 bridgehead atoms.